The van der Waals surface area contributed by atoms with E-state index in [1.807, 2.05) is 19.1 Å². The second kappa shape index (κ2) is 9.42. The van der Waals surface area contributed by atoms with Gasteiger partial charge in [-0.2, -0.15) is 0 Å². The molecule has 0 fully saturated rings. The molecule has 29 heavy (non-hydrogen) atoms. The summed E-state index contributed by atoms with van der Waals surface area (Å²) >= 11 is 1.11. The molecule has 0 saturated carbocycles. The maximum Gasteiger partial charge on any atom is 0.277 e. The number of carbonyl (C=O) groups excluding carboxylic acids is 1. The molecule has 2 aromatic carbocycles. The lowest BCUT2D eigenvalue weighted by Crippen LogP contribution is -2.14. The zero-order valence-corrected chi connectivity index (χ0v) is 17.0. The van der Waals surface area contributed by atoms with Crippen LogP contribution in [0.2, 0.25) is 0 Å². The maximum atomic E-state index is 13.0. The number of methoxy groups -OCH3 is 1. The van der Waals surface area contributed by atoms with Gasteiger partial charge in [-0.05, 0) is 55.8 Å². The maximum absolute atomic E-state index is 13.0. The first-order valence-electron chi connectivity index (χ1n) is 8.77. The quantitative estimate of drug-likeness (QED) is 0.544. The molecule has 0 radical (unpaired) electrons. The molecule has 1 aromatic heterocycles. The van der Waals surface area contributed by atoms with Crippen molar-refractivity contribution in [3.63, 3.8) is 0 Å². The van der Waals surface area contributed by atoms with Gasteiger partial charge in [0.25, 0.3) is 11.1 Å². The summed E-state index contributed by atoms with van der Waals surface area (Å²) in [6.45, 7) is 3.67. The number of aromatic nitrogens is 2. The van der Waals surface area contributed by atoms with Crippen molar-refractivity contribution >= 4 is 23.4 Å². The third-order valence-electron chi connectivity index (χ3n) is 3.85. The van der Waals surface area contributed by atoms with Crippen molar-refractivity contribution in [3.8, 4) is 11.5 Å². The fourth-order valence-corrected chi connectivity index (χ4v) is 3.01. The average Bonchev–Trinajstić information content (AvgIpc) is 3.18. The number of carbonyl (C=O) groups is 1. The molecule has 3 rings (SSSR count). The summed E-state index contributed by atoms with van der Waals surface area (Å²) < 4.78 is 29.4. The Kier molecular flexibility index (Phi) is 6.71. The number of hydrogen-bond donors (Lipinski definition) is 1. The molecule has 1 heterocycles. The molecule has 0 aliphatic carbocycles. The molecule has 0 spiro atoms. The number of hydrogen-bond acceptors (Lipinski definition) is 7. The molecule has 1 atom stereocenters. The highest BCUT2D eigenvalue weighted by Gasteiger charge is 2.17. The van der Waals surface area contributed by atoms with Crippen molar-refractivity contribution < 1.29 is 23.1 Å². The summed E-state index contributed by atoms with van der Waals surface area (Å²) in [6.07, 6.45) is -0.521. The third-order valence-corrected chi connectivity index (χ3v) is 4.67. The van der Waals surface area contributed by atoms with E-state index in [4.69, 9.17) is 13.9 Å². The summed E-state index contributed by atoms with van der Waals surface area (Å²) in [5.41, 5.74) is 1.61. The Balaban J connectivity index is 1.54. The highest BCUT2D eigenvalue weighted by molar-refractivity contribution is 7.99. The summed E-state index contributed by atoms with van der Waals surface area (Å²) in [6, 6.07) is 11.2. The van der Waals surface area contributed by atoms with Crippen molar-refractivity contribution in [2.45, 2.75) is 25.2 Å². The van der Waals surface area contributed by atoms with Crippen LogP contribution in [0.3, 0.4) is 0 Å². The van der Waals surface area contributed by atoms with Crippen LogP contribution in [0, 0.1) is 12.7 Å². The molecule has 1 N–H and O–H groups in total. The van der Waals surface area contributed by atoms with Crippen LogP contribution in [0.4, 0.5) is 10.1 Å². The van der Waals surface area contributed by atoms with E-state index in [0.29, 0.717) is 17.2 Å². The Bertz CT molecular complexity index is 978. The highest BCUT2D eigenvalue weighted by Crippen LogP contribution is 2.27. The topological polar surface area (TPSA) is 86.5 Å². The van der Waals surface area contributed by atoms with Gasteiger partial charge < -0.3 is 19.2 Å². The summed E-state index contributed by atoms with van der Waals surface area (Å²) in [5.74, 6) is 0.847. The van der Waals surface area contributed by atoms with Crippen LogP contribution in [0.1, 0.15) is 24.5 Å². The van der Waals surface area contributed by atoms with Gasteiger partial charge in [-0.1, -0.05) is 17.8 Å². The van der Waals surface area contributed by atoms with Crippen molar-refractivity contribution in [1.29, 1.82) is 0 Å². The van der Waals surface area contributed by atoms with Gasteiger partial charge in [-0.15, -0.1) is 10.2 Å². The second-order valence-corrected chi connectivity index (χ2v) is 7.09. The first-order chi connectivity index (χ1) is 13.9. The van der Waals surface area contributed by atoms with E-state index in [2.05, 4.69) is 15.5 Å². The lowest BCUT2D eigenvalue weighted by Gasteiger charge is -2.11. The van der Waals surface area contributed by atoms with E-state index in [9.17, 15) is 9.18 Å². The number of thioether (sulfide) groups is 1. The van der Waals surface area contributed by atoms with Crippen molar-refractivity contribution in [1.82, 2.24) is 10.2 Å². The smallest absolute Gasteiger partial charge is 0.277 e. The normalized spacial score (nSPS) is 11.7. The van der Waals surface area contributed by atoms with Crippen LogP contribution in [0.25, 0.3) is 0 Å². The predicted octanol–water partition coefficient (Wildman–Crippen LogP) is 4.40. The molecule has 0 unspecified atom stereocenters. The van der Waals surface area contributed by atoms with Crippen molar-refractivity contribution in [3.05, 3.63) is 59.7 Å². The Morgan fingerprint density at radius 3 is 2.72 bits per heavy atom. The summed E-state index contributed by atoms with van der Waals surface area (Å²) in [7, 11) is 1.55. The fraction of sp³-hybridized carbons (Fsp3) is 0.250. The third kappa shape index (κ3) is 5.71. The fourth-order valence-electron chi connectivity index (χ4n) is 2.44. The van der Waals surface area contributed by atoms with Crippen LogP contribution >= 0.6 is 11.8 Å². The van der Waals surface area contributed by atoms with Gasteiger partial charge in [0.2, 0.25) is 5.91 Å². The van der Waals surface area contributed by atoms with Gasteiger partial charge in [-0.3, -0.25) is 4.79 Å². The Hall–Kier alpha value is -3.07. The van der Waals surface area contributed by atoms with Gasteiger partial charge in [-0.25, -0.2) is 4.39 Å². The number of rotatable bonds is 8. The van der Waals surface area contributed by atoms with E-state index in [1.54, 1.807) is 20.1 Å². The molecule has 152 valence electrons. The molecule has 3 aromatic rings. The molecular formula is C20H20FN3O4S. The van der Waals surface area contributed by atoms with Crippen molar-refractivity contribution in [2.24, 2.45) is 0 Å². The highest BCUT2D eigenvalue weighted by atomic mass is 32.2. The Morgan fingerprint density at radius 1 is 1.24 bits per heavy atom. The lowest BCUT2D eigenvalue weighted by atomic mass is 10.2. The molecule has 1 amide bonds. The van der Waals surface area contributed by atoms with E-state index < -0.39 is 6.10 Å². The summed E-state index contributed by atoms with van der Waals surface area (Å²) in [4.78, 5) is 12.2. The summed E-state index contributed by atoms with van der Waals surface area (Å²) in [5, 5.41) is 10.9. The van der Waals surface area contributed by atoms with Gasteiger partial charge in [0.1, 0.15) is 17.3 Å². The van der Waals surface area contributed by atoms with Gasteiger partial charge in [0, 0.05) is 0 Å². The van der Waals surface area contributed by atoms with Crippen molar-refractivity contribution in [2.75, 3.05) is 18.2 Å². The van der Waals surface area contributed by atoms with Crippen LogP contribution in [0.15, 0.2) is 52.1 Å². The number of aryl methyl sites for hydroxylation is 1. The second-order valence-electron chi connectivity index (χ2n) is 6.16. The SMILES string of the molecule is COc1ccc(C)cc1NC(=O)CSc1nnc([C@@H](C)Oc2ccc(F)cc2)o1. The van der Waals surface area contributed by atoms with Gasteiger partial charge in [0.15, 0.2) is 6.10 Å². The van der Waals surface area contributed by atoms with E-state index >= 15 is 0 Å². The first-order valence-corrected chi connectivity index (χ1v) is 9.76. The Morgan fingerprint density at radius 2 is 2.00 bits per heavy atom. The van der Waals surface area contributed by atoms with E-state index in [1.165, 1.54) is 24.3 Å². The minimum Gasteiger partial charge on any atom is -0.495 e. The van der Waals surface area contributed by atoms with E-state index in [-0.39, 0.29) is 28.6 Å². The molecule has 0 aliphatic heterocycles. The molecule has 7 nitrogen and oxygen atoms in total. The number of halogens is 1. The molecule has 0 bridgehead atoms. The monoisotopic (exact) mass is 417 g/mol. The molecular weight excluding hydrogens is 397 g/mol. The van der Waals surface area contributed by atoms with Crippen LogP contribution in [-0.2, 0) is 4.79 Å². The number of nitrogens with one attached hydrogen (secondary N) is 1. The van der Waals surface area contributed by atoms with Crippen LogP contribution in [0.5, 0.6) is 11.5 Å². The standard InChI is InChI=1S/C20H20FN3O4S/c1-12-4-9-17(26-3)16(10-12)22-18(25)11-29-20-24-23-19(28-20)13(2)27-15-7-5-14(21)6-8-15/h4-10,13H,11H2,1-3H3,(H,22,25)/t13-/m1/s1. The number of nitrogens with zero attached hydrogens (tertiary/aromatic N) is 2. The zero-order chi connectivity index (χ0) is 20.8. The molecule has 0 saturated heterocycles. The van der Waals surface area contributed by atoms with Gasteiger partial charge >= 0.3 is 0 Å². The lowest BCUT2D eigenvalue weighted by molar-refractivity contribution is -0.113. The molecule has 9 heteroatoms. The van der Waals surface area contributed by atoms with Crippen LogP contribution < -0.4 is 14.8 Å². The Labute approximate surface area is 171 Å². The number of benzene rings is 2. The predicted molar refractivity (Wildman–Crippen MR) is 107 cm³/mol. The van der Waals surface area contributed by atoms with Gasteiger partial charge in [0.05, 0.1) is 18.6 Å². The minimum absolute atomic E-state index is 0.0892. The van der Waals surface area contributed by atoms with Crippen LogP contribution in [-0.4, -0.2) is 29.0 Å². The molecule has 0 aliphatic rings. The van der Waals surface area contributed by atoms with E-state index in [0.717, 1.165) is 17.3 Å². The minimum atomic E-state index is -0.521. The largest absolute Gasteiger partial charge is 0.495 e. The zero-order valence-electron chi connectivity index (χ0n) is 16.1. The first kappa shape index (κ1) is 20.7. The number of anilines is 1. The number of ether oxygens (including phenoxy) is 2. The average molecular weight is 417 g/mol. The number of amides is 1.